The van der Waals surface area contributed by atoms with Gasteiger partial charge in [-0.1, -0.05) is 57.2 Å². The van der Waals surface area contributed by atoms with Crippen molar-refractivity contribution in [3.8, 4) is 0 Å². The number of para-hydroxylation sites is 2. The van der Waals surface area contributed by atoms with Crippen molar-refractivity contribution in [3.05, 3.63) is 84.5 Å². The molecule has 31 heavy (non-hydrogen) atoms. The van der Waals surface area contributed by atoms with Gasteiger partial charge in [0.1, 0.15) is 4.90 Å². The summed E-state index contributed by atoms with van der Waals surface area (Å²) in [6.45, 7) is 5.72. The average molecular weight is 516 g/mol. The van der Waals surface area contributed by atoms with Gasteiger partial charge in [0.2, 0.25) is 0 Å². The van der Waals surface area contributed by atoms with Crippen LogP contribution >= 0.6 is 26.6 Å². The van der Waals surface area contributed by atoms with Crippen LogP contribution in [0.2, 0.25) is 0 Å². The standard InChI is InChI=1S/C9H6BrN.C9H6ClNO2S.C4H9.CH4.Li/c10-8-5-7-3-1-2-4-9(7)11-6-8;10-14(12,13)8-5-7-3-1-2-4-9(7)11-6-8;1-3-4-2;;/h1-6H;1-6H;1,3-4H2,2H3;1H4;/q;;-1;;+1. The SMILES string of the molecule is Brc1cnc2ccccc2c1.C.O=S(=O)(Cl)c1cnc2ccccc2c1.[CH2-]CCC.[Li+]. The second-order valence-electron chi connectivity index (χ2n) is 6.00. The molecule has 0 spiro atoms. The molecular formula is C23H25BrClLiN2O2S. The number of hydrogen-bond acceptors (Lipinski definition) is 4. The third kappa shape index (κ3) is 9.72. The number of pyridine rings is 2. The van der Waals surface area contributed by atoms with Crippen molar-refractivity contribution in [2.45, 2.75) is 32.1 Å². The number of halogens is 2. The van der Waals surface area contributed by atoms with Crippen LogP contribution in [0, 0.1) is 6.92 Å². The molecule has 0 aliphatic heterocycles. The quantitative estimate of drug-likeness (QED) is 0.225. The van der Waals surface area contributed by atoms with Crippen molar-refractivity contribution in [2.24, 2.45) is 0 Å². The first-order chi connectivity index (χ1) is 13.8. The summed E-state index contributed by atoms with van der Waals surface area (Å²) in [4.78, 5) is 8.24. The van der Waals surface area contributed by atoms with E-state index >= 15 is 0 Å². The molecule has 2 heterocycles. The monoisotopic (exact) mass is 514 g/mol. The molecule has 2 aromatic carbocycles. The molecular weight excluding hydrogens is 491 g/mol. The molecule has 4 nitrogen and oxygen atoms in total. The Labute approximate surface area is 210 Å². The summed E-state index contributed by atoms with van der Waals surface area (Å²) in [7, 11) is 1.51. The van der Waals surface area contributed by atoms with Gasteiger partial charge >= 0.3 is 18.9 Å². The first-order valence-corrected chi connectivity index (χ1v) is 12.0. The minimum atomic E-state index is -3.68. The first-order valence-electron chi connectivity index (χ1n) is 8.94. The van der Waals surface area contributed by atoms with E-state index in [1.807, 2.05) is 42.6 Å². The van der Waals surface area contributed by atoms with Crippen LogP contribution in [0.4, 0.5) is 0 Å². The summed E-state index contributed by atoms with van der Waals surface area (Å²) in [6.07, 6.45) is 5.34. The van der Waals surface area contributed by atoms with Crippen molar-refractivity contribution >= 4 is 57.5 Å². The van der Waals surface area contributed by atoms with Crippen molar-refractivity contribution in [1.29, 1.82) is 0 Å². The van der Waals surface area contributed by atoms with E-state index in [2.05, 4.69) is 45.8 Å². The Balaban J connectivity index is 0.000000478. The van der Waals surface area contributed by atoms with Gasteiger partial charge in [0.05, 0.1) is 11.0 Å². The smallest absolute Gasteiger partial charge is 0.343 e. The maximum absolute atomic E-state index is 11.0. The van der Waals surface area contributed by atoms with Crippen molar-refractivity contribution in [1.82, 2.24) is 9.97 Å². The molecule has 160 valence electrons. The molecule has 0 amide bonds. The average Bonchev–Trinajstić information content (AvgIpc) is 2.73. The molecule has 0 aliphatic carbocycles. The molecule has 4 aromatic rings. The predicted molar refractivity (Wildman–Crippen MR) is 131 cm³/mol. The Morgan fingerprint density at radius 3 is 1.87 bits per heavy atom. The number of benzene rings is 2. The Bertz CT molecular complexity index is 1190. The Hall–Kier alpha value is -1.42. The van der Waals surface area contributed by atoms with Gasteiger partial charge in [-0.3, -0.25) is 9.97 Å². The summed E-state index contributed by atoms with van der Waals surface area (Å²) in [5, 5.41) is 1.93. The fraction of sp³-hybridized carbons (Fsp3) is 0.174. The van der Waals surface area contributed by atoms with Crippen molar-refractivity contribution in [3.63, 3.8) is 0 Å². The first kappa shape index (κ1) is 29.6. The van der Waals surface area contributed by atoms with Crippen LogP contribution in [-0.2, 0) is 9.05 Å². The molecule has 0 unspecified atom stereocenters. The van der Waals surface area contributed by atoms with Crippen LogP contribution in [0.25, 0.3) is 21.8 Å². The Kier molecular flexibility index (Phi) is 13.9. The van der Waals surface area contributed by atoms with Gasteiger partial charge in [-0.2, -0.15) is 6.42 Å². The van der Waals surface area contributed by atoms with Crippen LogP contribution in [-0.4, -0.2) is 18.4 Å². The number of rotatable bonds is 2. The zero-order valence-electron chi connectivity index (χ0n) is 16.9. The number of fused-ring (bicyclic) bond motifs is 2. The molecule has 2 aromatic heterocycles. The molecule has 0 bridgehead atoms. The molecule has 4 rings (SSSR count). The van der Waals surface area contributed by atoms with E-state index in [0.717, 1.165) is 27.3 Å². The van der Waals surface area contributed by atoms with Crippen LogP contribution in [0.15, 0.2) is 82.4 Å². The maximum atomic E-state index is 11.0. The molecule has 0 saturated carbocycles. The van der Waals surface area contributed by atoms with Gasteiger partial charge in [0.15, 0.2) is 0 Å². The summed E-state index contributed by atoms with van der Waals surface area (Å²) in [6, 6.07) is 18.9. The molecule has 0 N–H and O–H groups in total. The summed E-state index contributed by atoms with van der Waals surface area (Å²) in [5.41, 5.74) is 1.78. The van der Waals surface area contributed by atoms with Gasteiger partial charge < -0.3 is 6.92 Å². The van der Waals surface area contributed by atoms with Gasteiger partial charge in [0, 0.05) is 38.3 Å². The Morgan fingerprint density at radius 1 is 0.935 bits per heavy atom. The third-order valence-electron chi connectivity index (χ3n) is 3.76. The normalized spacial score (nSPS) is 9.94. The van der Waals surface area contributed by atoms with Crippen LogP contribution in [0.5, 0.6) is 0 Å². The second-order valence-corrected chi connectivity index (χ2v) is 9.48. The minimum absolute atomic E-state index is 0. The predicted octanol–water partition coefficient (Wildman–Crippen LogP) is 4.42. The van der Waals surface area contributed by atoms with E-state index < -0.39 is 9.05 Å². The zero-order chi connectivity index (χ0) is 21.3. The van der Waals surface area contributed by atoms with Crippen molar-refractivity contribution < 1.29 is 27.3 Å². The fourth-order valence-corrected chi connectivity index (χ4v) is 3.28. The van der Waals surface area contributed by atoms with E-state index in [-0.39, 0.29) is 31.2 Å². The van der Waals surface area contributed by atoms with E-state index in [1.54, 1.807) is 12.1 Å². The van der Waals surface area contributed by atoms with Gasteiger partial charge in [-0.05, 0) is 40.2 Å². The van der Waals surface area contributed by atoms with E-state index in [9.17, 15) is 8.42 Å². The van der Waals surface area contributed by atoms with Gasteiger partial charge in [-0.15, -0.1) is 0 Å². The van der Waals surface area contributed by atoms with E-state index in [1.165, 1.54) is 24.1 Å². The molecule has 8 heteroatoms. The largest absolute Gasteiger partial charge is 1.00 e. The topological polar surface area (TPSA) is 59.9 Å². The summed E-state index contributed by atoms with van der Waals surface area (Å²) < 4.78 is 23.0. The summed E-state index contributed by atoms with van der Waals surface area (Å²) >= 11 is 3.37. The molecule has 0 saturated heterocycles. The van der Waals surface area contributed by atoms with Gasteiger partial charge in [0.25, 0.3) is 9.05 Å². The van der Waals surface area contributed by atoms with Gasteiger partial charge in [-0.25, -0.2) is 8.42 Å². The number of aromatic nitrogens is 2. The zero-order valence-corrected chi connectivity index (χ0v) is 20.1. The third-order valence-corrected chi connectivity index (χ3v) is 5.51. The number of hydrogen-bond donors (Lipinski definition) is 0. The number of unbranched alkanes of at least 4 members (excludes halogenated alkanes) is 1. The van der Waals surface area contributed by atoms with E-state index in [4.69, 9.17) is 10.7 Å². The second kappa shape index (κ2) is 14.6. The molecule has 0 radical (unpaired) electrons. The minimum Gasteiger partial charge on any atom is -0.343 e. The van der Waals surface area contributed by atoms with Crippen LogP contribution in [0.1, 0.15) is 27.2 Å². The molecule has 0 fully saturated rings. The van der Waals surface area contributed by atoms with Crippen molar-refractivity contribution in [2.75, 3.05) is 0 Å². The molecule has 0 atom stereocenters. The Morgan fingerprint density at radius 2 is 1.39 bits per heavy atom. The maximum Gasteiger partial charge on any atom is 1.00 e. The van der Waals surface area contributed by atoms with E-state index in [0.29, 0.717) is 0 Å². The van der Waals surface area contributed by atoms with Crippen LogP contribution < -0.4 is 18.9 Å². The fourth-order valence-electron chi connectivity index (χ4n) is 2.23. The molecule has 0 aliphatic rings. The summed E-state index contributed by atoms with van der Waals surface area (Å²) in [5.74, 6) is 0. The number of nitrogens with zero attached hydrogens (tertiary/aromatic N) is 2. The van der Waals surface area contributed by atoms with Crippen LogP contribution in [0.3, 0.4) is 0 Å².